The van der Waals surface area contributed by atoms with E-state index in [1.807, 2.05) is 52.4 Å². The lowest BCUT2D eigenvalue weighted by Gasteiger charge is -2.28. The monoisotopic (exact) mass is 820 g/mol. The van der Waals surface area contributed by atoms with Crippen LogP contribution in [-0.2, 0) is 32.7 Å². The summed E-state index contributed by atoms with van der Waals surface area (Å²) < 4.78 is 33.8. The molecule has 0 saturated carbocycles. The van der Waals surface area contributed by atoms with Gasteiger partial charge in [-0.05, 0) is 77.0 Å². The number of rotatable bonds is 37. The van der Waals surface area contributed by atoms with Crippen molar-refractivity contribution in [2.75, 3.05) is 47.5 Å². The van der Waals surface area contributed by atoms with Gasteiger partial charge in [-0.15, -0.1) is 0 Å². The van der Waals surface area contributed by atoms with Crippen LogP contribution in [0.3, 0.4) is 0 Å². The molecule has 0 rings (SSSR count). The van der Waals surface area contributed by atoms with Gasteiger partial charge in [0.25, 0.3) is 7.82 Å². The lowest BCUT2D eigenvalue weighted by atomic mass is 10.1. The van der Waals surface area contributed by atoms with Crippen molar-refractivity contribution in [3.05, 3.63) is 85.1 Å². The fourth-order valence-electron chi connectivity index (χ4n) is 5.02. The van der Waals surface area contributed by atoms with Crippen molar-refractivity contribution in [2.24, 2.45) is 0 Å². The van der Waals surface area contributed by atoms with Gasteiger partial charge in [0.05, 0.1) is 33.9 Å². The molecule has 0 aromatic heterocycles. The van der Waals surface area contributed by atoms with Crippen LogP contribution in [0.4, 0.5) is 0 Å². The van der Waals surface area contributed by atoms with E-state index in [0.717, 1.165) is 64.2 Å². The third-order valence-corrected chi connectivity index (χ3v) is 9.52. The van der Waals surface area contributed by atoms with Crippen LogP contribution in [0.5, 0.6) is 0 Å². The first-order valence-corrected chi connectivity index (χ1v) is 22.9. The highest BCUT2D eigenvalue weighted by molar-refractivity contribution is 7.45. The molecule has 1 N–H and O–H groups in total. The Morgan fingerprint density at radius 1 is 0.649 bits per heavy atom. The molecule has 0 bridgehead atoms. The van der Waals surface area contributed by atoms with E-state index in [-0.39, 0.29) is 32.2 Å². The number of allylic oxidation sites excluding steroid dienone is 13. The quantitative estimate of drug-likeness (QED) is 0.0162. The number of likely N-dealkylation sites (N-methyl/N-ethyl adjacent to an activating group) is 1. The average Bonchev–Trinajstić information content (AvgIpc) is 3.16. The van der Waals surface area contributed by atoms with Crippen molar-refractivity contribution in [3.63, 3.8) is 0 Å². The molecule has 0 aliphatic rings. The zero-order chi connectivity index (χ0) is 42.3. The summed E-state index contributed by atoms with van der Waals surface area (Å²) in [4.78, 5) is 37.5. The minimum absolute atomic E-state index is 0.0532. The molecule has 1 unspecified atom stereocenters. The molecule has 0 amide bonds. The first kappa shape index (κ1) is 54.2. The van der Waals surface area contributed by atoms with Gasteiger partial charge in [0.2, 0.25) is 0 Å². The number of phosphoric ester groups is 1. The molecule has 0 aromatic rings. The van der Waals surface area contributed by atoms with E-state index in [4.69, 9.17) is 18.5 Å². The summed E-state index contributed by atoms with van der Waals surface area (Å²) in [5.74, 6) is -0.948. The third kappa shape index (κ3) is 41.1. The zero-order valence-corrected chi connectivity index (χ0v) is 37.0. The van der Waals surface area contributed by atoms with Crippen LogP contribution >= 0.6 is 7.82 Å². The standard InChI is InChI=1S/C46H78NO9P/c1-6-8-9-10-11-12-13-14-15-20-23-26-29-32-35-38-46(50)56-44(42-55-57(51,52)54-40-39-47(3,4)5)41-53-45(49)37-34-31-28-25-22-19-17-16-18-21-24-27-30-33-36-43(48)7-2/h11-12,14-15,17-19,21,25,27-28,30,33,36,43-44,48H,6-10,13,16,20,22-24,26,29,31-32,34-35,37-42H2,1-5H3/b12-11-,15-14-,19-17-,21-18-,28-25-,30-27-,36-33+/t43-,44+/m0/s1. The number of quaternary nitrogens is 1. The molecule has 0 saturated heterocycles. The number of esters is 2. The fraction of sp³-hybridized carbons (Fsp3) is 0.652. The number of ether oxygens (including phenoxy) is 2. The van der Waals surface area contributed by atoms with Gasteiger partial charge < -0.3 is 33.0 Å². The molecule has 0 radical (unpaired) electrons. The van der Waals surface area contributed by atoms with Crippen molar-refractivity contribution < 1.29 is 47.2 Å². The summed E-state index contributed by atoms with van der Waals surface area (Å²) in [6.45, 7) is 3.75. The van der Waals surface area contributed by atoms with Crippen LogP contribution < -0.4 is 4.89 Å². The molecule has 0 aromatic carbocycles. The third-order valence-electron chi connectivity index (χ3n) is 8.56. The molecule has 3 atom stereocenters. The van der Waals surface area contributed by atoms with Crippen molar-refractivity contribution in [3.8, 4) is 0 Å². The number of unbranched alkanes of at least 4 members (excludes halogenated alkanes) is 9. The largest absolute Gasteiger partial charge is 0.756 e. The highest BCUT2D eigenvalue weighted by atomic mass is 31.2. The first-order chi connectivity index (χ1) is 27.4. The summed E-state index contributed by atoms with van der Waals surface area (Å²) in [5.41, 5.74) is 0. The van der Waals surface area contributed by atoms with Crippen LogP contribution in [0.1, 0.15) is 136 Å². The lowest BCUT2D eigenvalue weighted by molar-refractivity contribution is -0.870. The Kier molecular flexibility index (Phi) is 35.6. The highest BCUT2D eigenvalue weighted by Crippen LogP contribution is 2.38. The zero-order valence-electron chi connectivity index (χ0n) is 36.1. The van der Waals surface area contributed by atoms with E-state index in [1.165, 1.54) is 19.3 Å². The summed E-state index contributed by atoms with van der Waals surface area (Å²) >= 11 is 0. The van der Waals surface area contributed by atoms with Crippen molar-refractivity contribution >= 4 is 19.8 Å². The van der Waals surface area contributed by atoms with Crippen molar-refractivity contribution in [1.82, 2.24) is 0 Å². The highest BCUT2D eigenvalue weighted by Gasteiger charge is 2.21. The maximum Gasteiger partial charge on any atom is 0.306 e. The van der Waals surface area contributed by atoms with Crippen molar-refractivity contribution in [2.45, 2.75) is 148 Å². The van der Waals surface area contributed by atoms with E-state index in [0.29, 0.717) is 36.7 Å². The maximum atomic E-state index is 12.7. The van der Waals surface area contributed by atoms with Crippen LogP contribution in [0.25, 0.3) is 0 Å². The van der Waals surface area contributed by atoms with E-state index in [9.17, 15) is 24.2 Å². The summed E-state index contributed by atoms with van der Waals surface area (Å²) in [6.07, 6.45) is 44.2. The number of carbonyl (C=O) groups is 2. The Morgan fingerprint density at radius 3 is 1.77 bits per heavy atom. The predicted molar refractivity (Wildman–Crippen MR) is 232 cm³/mol. The molecule has 326 valence electrons. The SMILES string of the molecule is CCCCC/C=C\C/C=C\CCCCCCCC(=O)O[C@H](COC(=O)CCC/C=C\C/C=C\C/C=C\C/C=C\C=C\[C@@H](O)CC)COP(=O)([O-])OCC[N+](C)(C)C. The fourth-order valence-corrected chi connectivity index (χ4v) is 5.75. The van der Waals surface area contributed by atoms with Crippen LogP contribution in [0, 0.1) is 0 Å². The number of aliphatic hydroxyl groups excluding tert-OH is 1. The first-order valence-electron chi connectivity index (χ1n) is 21.4. The summed E-state index contributed by atoms with van der Waals surface area (Å²) in [6, 6.07) is 0. The number of carbonyl (C=O) groups excluding carboxylic acids is 2. The summed E-state index contributed by atoms with van der Waals surface area (Å²) in [5, 5.41) is 9.48. The molecular weight excluding hydrogens is 741 g/mol. The van der Waals surface area contributed by atoms with Gasteiger partial charge in [-0.1, -0.05) is 131 Å². The molecule has 57 heavy (non-hydrogen) atoms. The second kappa shape index (κ2) is 37.4. The Morgan fingerprint density at radius 2 is 1.18 bits per heavy atom. The second-order valence-corrected chi connectivity index (χ2v) is 16.6. The van der Waals surface area contributed by atoms with Gasteiger partial charge >= 0.3 is 11.9 Å². The van der Waals surface area contributed by atoms with E-state index >= 15 is 0 Å². The number of hydrogen-bond acceptors (Lipinski definition) is 9. The van der Waals surface area contributed by atoms with Gasteiger partial charge in [-0.3, -0.25) is 14.2 Å². The minimum Gasteiger partial charge on any atom is -0.756 e. The van der Waals surface area contributed by atoms with E-state index < -0.39 is 32.5 Å². The van der Waals surface area contributed by atoms with Crippen LogP contribution in [0.2, 0.25) is 0 Å². The van der Waals surface area contributed by atoms with Gasteiger partial charge in [0.1, 0.15) is 19.8 Å². The molecular formula is C46H78NO9P. The number of aliphatic hydroxyl groups is 1. The number of hydrogen-bond donors (Lipinski definition) is 1. The average molecular weight is 820 g/mol. The second-order valence-electron chi connectivity index (χ2n) is 15.2. The Labute approximate surface area is 346 Å². The molecule has 0 aliphatic carbocycles. The molecule has 10 nitrogen and oxygen atoms in total. The predicted octanol–water partition coefficient (Wildman–Crippen LogP) is 10.4. The van der Waals surface area contributed by atoms with Crippen LogP contribution in [-0.4, -0.2) is 81.2 Å². The molecule has 0 fully saturated rings. The topological polar surface area (TPSA) is 131 Å². The molecule has 0 spiro atoms. The lowest BCUT2D eigenvalue weighted by Crippen LogP contribution is -2.37. The van der Waals surface area contributed by atoms with Crippen molar-refractivity contribution in [1.29, 1.82) is 0 Å². The normalized spacial score (nSPS) is 15.0. The number of phosphoric acid groups is 1. The van der Waals surface area contributed by atoms with Gasteiger partial charge in [-0.2, -0.15) is 0 Å². The molecule has 0 aliphatic heterocycles. The Bertz CT molecular complexity index is 1260. The maximum absolute atomic E-state index is 12.7. The van der Waals surface area contributed by atoms with Crippen LogP contribution in [0.15, 0.2) is 85.1 Å². The van der Waals surface area contributed by atoms with Gasteiger partial charge in [0, 0.05) is 12.8 Å². The van der Waals surface area contributed by atoms with E-state index in [2.05, 4.69) is 61.6 Å². The minimum atomic E-state index is -4.65. The Hall–Kier alpha value is -2.85. The summed E-state index contributed by atoms with van der Waals surface area (Å²) in [7, 11) is 1.09. The Balaban J connectivity index is 4.53. The molecule has 11 heteroatoms. The van der Waals surface area contributed by atoms with Gasteiger partial charge in [-0.25, -0.2) is 0 Å². The van der Waals surface area contributed by atoms with Gasteiger partial charge in [0.15, 0.2) is 6.10 Å². The van der Waals surface area contributed by atoms with E-state index in [1.54, 1.807) is 6.08 Å². The number of nitrogens with zero attached hydrogens (tertiary/aromatic N) is 1. The smallest absolute Gasteiger partial charge is 0.306 e. The molecule has 0 heterocycles.